The van der Waals surface area contributed by atoms with Crippen LogP contribution in [0.5, 0.6) is 0 Å². The van der Waals surface area contributed by atoms with Crippen molar-refractivity contribution in [1.82, 2.24) is 0 Å². The molecule has 0 aliphatic carbocycles. The van der Waals surface area contributed by atoms with Crippen molar-refractivity contribution in [2.75, 3.05) is 13.2 Å². The first-order valence-corrected chi connectivity index (χ1v) is 3.72. The minimum atomic E-state index is -0.557. The average molecular weight is 184 g/mol. The first-order valence-electron chi connectivity index (χ1n) is 3.72. The molecule has 1 atom stereocenters. The summed E-state index contributed by atoms with van der Waals surface area (Å²) in [5, 5.41) is 0. The molecule has 0 aromatic carbocycles. The molecule has 1 unspecified atom stereocenters. The van der Waals surface area contributed by atoms with Crippen LogP contribution in [0.25, 0.3) is 0 Å². The van der Waals surface area contributed by atoms with Crippen LogP contribution in [0.1, 0.15) is 0 Å². The van der Waals surface area contributed by atoms with Gasteiger partial charge in [-0.15, -0.1) is 0 Å². The van der Waals surface area contributed by atoms with Gasteiger partial charge in [0.2, 0.25) is 7.37 Å². The number of ether oxygens (including phenoxy) is 2. The van der Waals surface area contributed by atoms with E-state index >= 15 is 0 Å². The van der Waals surface area contributed by atoms with Crippen LogP contribution in [0.4, 0.5) is 0 Å². The smallest absolute Gasteiger partial charge is 0.293 e. The Labute approximate surface area is 78.2 Å². The fraction of sp³-hybridized carbons (Fsp3) is 0.667. The Morgan fingerprint density at radius 1 is 1.31 bits per heavy atom. The zero-order valence-electron chi connectivity index (χ0n) is 7.34. The second-order valence-corrected chi connectivity index (χ2v) is 2.09. The van der Waals surface area contributed by atoms with Gasteiger partial charge < -0.3 is 14.1 Å². The lowest BCUT2D eigenvalue weighted by molar-refractivity contribution is -0.144. The Hall–Kier alpha value is -0.970. The van der Waals surface area contributed by atoms with Crippen molar-refractivity contribution in [3.05, 3.63) is 0 Å². The molecule has 0 aromatic heterocycles. The zero-order valence-corrected chi connectivity index (χ0v) is 7.34. The van der Waals surface area contributed by atoms with Gasteiger partial charge in [0.05, 0.1) is 6.61 Å². The Bertz CT molecular complexity index is 143. The van der Waals surface area contributed by atoms with Crippen molar-refractivity contribution < 1.29 is 23.7 Å². The van der Waals surface area contributed by atoms with E-state index in [0.29, 0.717) is 0 Å². The first kappa shape index (κ1) is 12.0. The molecule has 0 aliphatic heterocycles. The van der Waals surface area contributed by atoms with Crippen molar-refractivity contribution >= 4 is 27.5 Å². The van der Waals surface area contributed by atoms with Gasteiger partial charge in [0.1, 0.15) is 13.8 Å². The van der Waals surface area contributed by atoms with Gasteiger partial charge in [-0.05, 0) is 0 Å². The topological polar surface area (TPSA) is 61.8 Å². The molecular weight excluding hydrogens is 174 g/mol. The summed E-state index contributed by atoms with van der Waals surface area (Å²) in [6.07, 6.45) is -0.557. The predicted octanol–water partition coefficient (Wildman–Crippen LogP) is -0.996. The van der Waals surface area contributed by atoms with Gasteiger partial charge in [-0.3, -0.25) is 9.59 Å². The molecule has 0 bridgehead atoms. The van der Waals surface area contributed by atoms with Crippen LogP contribution >= 0.6 is 0 Å². The van der Waals surface area contributed by atoms with Gasteiger partial charge >= 0.3 is 0 Å². The molecule has 5 nitrogen and oxygen atoms in total. The third-order valence-electron chi connectivity index (χ3n) is 1.11. The van der Waals surface area contributed by atoms with Crippen LogP contribution in [0.3, 0.4) is 0 Å². The molecule has 0 rings (SSSR count). The number of carbonyl (C=O) groups excluding carboxylic acids is 2. The number of hydrogen-bond acceptors (Lipinski definition) is 5. The molecule has 0 heterocycles. The summed E-state index contributed by atoms with van der Waals surface area (Å²) in [5.41, 5.74) is 0. The van der Waals surface area contributed by atoms with E-state index in [0.717, 1.165) is 0 Å². The molecule has 0 fully saturated rings. The van der Waals surface area contributed by atoms with Gasteiger partial charge in [0.25, 0.3) is 12.9 Å². The highest BCUT2D eigenvalue weighted by Crippen LogP contribution is 1.91. The van der Waals surface area contributed by atoms with Crippen LogP contribution in [-0.4, -0.2) is 46.8 Å². The summed E-state index contributed by atoms with van der Waals surface area (Å²) < 4.78 is 13.9. The van der Waals surface area contributed by atoms with Gasteiger partial charge in [0, 0.05) is 0 Å². The molecule has 0 aliphatic rings. The fourth-order valence-electron chi connectivity index (χ4n) is 0.611. The number of hydrogen-bond donors (Lipinski definition) is 0. The van der Waals surface area contributed by atoms with Crippen molar-refractivity contribution in [3.8, 4) is 0 Å². The Morgan fingerprint density at radius 2 is 2.08 bits per heavy atom. The lowest BCUT2D eigenvalue weighted by Crippen LogP contribution is -2.26. The average Bonchev–Trinajstić information content (AvgIpc) is 2.14. The van der Waals surface area contributed by atoms with E-state index in [1.165, 1.54) is 7.37 Å². The van der Waals surface area contributed by atoms with Crippen LogP contribution < -0.4 is 0 Å². The van der Waals surface area contributed by atoms with Crippen LogP contribution in [0.15, 0.2) is 0 Å². The summed E-state index contributed by atoms with van der Waals surface area (Å²) in [4.78, 5) is 19.8. The Morgan fingerprint density at radius 3 is 2.62 bits per heavy atom. The van der Waals surface area contributed by atoms with E-state index in [2.05, 4.69) is 9.47 Å². The molecular formula is C6H10B2O5. The van der Waals surface area contributed by atoms with Gasteiger partial charge in [-0.2, -0.15) is 0 Å². The normalized spacial score (nSPS) is 11.2. The third kappa shape index (κ3) is 7.39. The minimum absolute atomic E-state index is 0.000204. The molecule has 13 heavy (non-hydrogen) atoms. The van der Waals surface area contributed by atoms with E-state index in [1.54, 1.807) is 14.0 Å². The lowest BCUT2D eigenvalue weighted by atomic mass is 9.52. The van der Waals surface area contributed by atoms with Crippen molar-refractivity contribution in [3.63, 3.8) is 0 Å². The fourth-order valence-corrected chi connectivity index (χ4v) is 0.611. The zero-order chi connectivity index (χ0) is 9.94. The van der Waals surface area contributed by atoms with Crippen LogP contribution in [-0.2, 0) is 23.7 Å². The summed E-state index contributed by atoms with van der Waals surface area (Å²) in [5.74, 6) is 0. The summed E-state index contributed by atoms with van der Waals surface area (Å²) >= 11 is 0. The third-order valence-corrected chi connectivity index (χ3v) is 1.11. The molecule has 0 saturated carbocycles. The van der Waals surface area contributed by atoms with E-state index in [4.69, 9.17) is 4.65 Å². The van der Waals surface area contributed by atoms with E-state index in [-0.39, 0.29) is 26.2 Å². The van der Waals surface area contributed by atoms with Crippen molar-refractivity contribution in [2.45, 2.75) is 12.9 Å². The quantitative estimate of drug-likeness (QED) is 0.261. The van der Waals surface area contributed by atoms with E-state index in [9.17, 15) is 9.59 Å². The highest BCUT2D eigenvalue weighted by molar-refractivity contribution is 6.96. The Balaban J connectivity index is 3.52. The maximum absolute atomic E-state index is 9.97. The van der Waals surface area contributed by atoms with Gasteiger partial charge in [0.15, 0.2) is 6.10 Å². The molecule has 0 N–H and O–H groups in total. The molecule has 2 radical (unpaired) electrons. The molecule has 0 saturated heterocycles. The first-order chi connectivity index (χ1) is 6.35. The number of carbonyl (C=O) groups is 2. The van der Waals surface area contributed by atoms with Gasteiger partial charge in [-0.1, -0.05) is 6.82 Å². The largest absolute Gasteiger partial charge is 0.464 e. The van der Waals surface area contributed by atoms with E-state index < -0.39 is 6.10 Å². The maximum Gasteiger partial charge on any atom is 0.293 e. The van der Waals surface area contributed by atoms with Crippen LogP contribution in [0.2, 0.25) is 6.82 Å². The lowest BCUT2D eigenvalue weighted by Gasteiger charge is -2.13. The second-order valence-electron chi connectivity index (χ2n) is 2.09. The summed E-state index contributed by atoms with van der Waals surface area (Å²) in [6.45, 7) is 2.53. The minimum Gasteiger partial charge on any atom is -0.464 e. The van der Waals surface area contributed by atoms with Crippen molar-refractivity contribution in [1.29, 1.82) is 0 Å². The molecule has 70 valence electrons. The van der Waals surface area contributed by atoms with E-state index in [1.807, 2.05) is 0 Å². The Kier molecular flexibility index (Phi) is 8.44. The standard InChI is InChI=1S/C6H10B2O5/c1-7-8-13-3-6(12-5-10)2-11-4-9/h4-6H,2-3H2,1H3. The monoisotopic (exact) mass is 184 g/mol. The summed E-state index contributed by atoms with van der Waals surface area (Å²) in [6, 6.07) is 0. The number of rotatable bonds is 9. The van der Waals surface area contributed by atoms with Crippen molar-refractivity contribution in [2.24, 2.45) is 0 Å². The molecule has 0 spiro atoms. The van der Waals surface area contributed by atoms with Gasteiger partial charge in [-0.25, -0.2) is 0 Å². The molecule has 7 heteroatoms. The summed E-state index contributed by atoms with van der Waals surface area (Å²) in [7, 11) is 3.15. The molecule has 0 amide bonds. The highest BCUT2D eigenvalue weighted by Gasteiger charge is 2.09. The maximum atomic E-state index is 9.97. The predicted molar refractivity (Wildman–Crippen MR) is 46.3 cm³/mol. The molecule has 0 aromatic rings. The van der Waals surface area contributed by atoms with Crippen LogP contribution in [0, 0.1) is 0 Å². The SMILES string of the molecule is C[B][B]OCC(COC=O)OC=O. The second kappa shape index (κ2) is 9.12. The highest BCUT2D eigenvalue weighted by atomic mass is 16.6.